The lowest BCUT2D eigenvalue weighted by atomic mass is 9.63. The van der Waals surface area contributed by atoms with Crippen molar-refractivity contribution in [2.75, 3.05) is 6.54 Å². The molecule has 0 aromatic heterocycles. The Labute approximate surface area is 163 Å². The first-order valence-corrected chi connectivity index (χ1v) is 9.29. The summed E-state index contributed by atoms with van der Waals surface area (Å²) < 4.78 is 0. The predicted octanol–water partition coefficient (Wildman–Crippen LogP) is 5.77. The quantitative estimate of drug-likeness (QED) is 0.279. The summed E-state index contributed by atoms with van der Waals surface area (Å²) in [5.41, 5.74) is 5.85. The van der Waals surface area contributed by atoms with E-state index in [1.165, 1.54) is 11.1 Å². The first-order chi connectivity index (χ1) is 13.0. The number of aliphatic imine (C=N–C) groups is 1. The third-order valence-electron chi connectivity index (χ3n) is 4.96. The number of terminal acetylenes is 1. The number of nitrogens with one attached hydrogen (secondary N) is 1. The van der Waals surface area contributed by atoms with Gasteiger partial charge in [-0.15, -0.1) is 6.42 Å². The molecule has 1 aliphatic carbocycles. The van der Waals surface area contributed by atoms with E-state index in [1.54, 1.807) is 0 Å². The van der Waals surface area contributed by atoms with E-state index < -0.39 is 0 Å². The Morgan fingerprint density at radius 1 is 1.41 bits per heavy atom. The van der Waals surface area contributed by atoms with Crippen LogP contribution in [0.1, 0.15) is 38.3 Å². The van der Waals surface area contributed by atoms with E-state index in [0.29, 0.717) is 12.3 Å². The number of nitrogens with zero attached hydrogens (tertiary/aromatic N) is 1. The van der Waals surface area contributed by atoms with Crippen molar-refractivity contribution in [3.8, 4) is 12.3 Å². The highest BCUT2D eigenvalue weighted by Gasteiger charge is 2.39. The summed E-state index contributed by atoms with van der Waals surface area (Å²) in [4.78, 5) is 4.59. The van der Waals surface area contributed by atoms with Gasteiger partial charge >= 0.3 is 0 Å². The Kier molecular flexibility index (Phi) is 7.32. The molecule has 0 aliphatic heterocycles. The second-order valence-electron chi connectivity index (χ2n) is 6.86. The van der Waals surface area contributed by atoms with E-state index in [0.717, 1.165) is 23.1 Å². The van der Waals surface area contributed by atoms with E-state index in [9.17, 15) is 0 Å². The molecule has 0 spiro atoms. The van der Waals surface area contributed by atoms with E-state index in [4.69, 9.17) is 11.8 Å². The lowest BCUT2D eigenvalue weighted by molar-refractivity contribution is 0.411. The summed E-state index contributed by atoms with van der Waals surface area (Å²) in [7, 11) is 0. The molecule has 0 amide bonds. The Morgan fingerprint density at radius 3 is 2.81 bits per heavy atom. The minimum Gasteiger partial charge on any atom is -0.304 e. The number of rotatable bonds is 7. The number of hydrogen-bond acceptors (Lipinski definition) is 2. The van der Waals surface area contributed by atoms with Gasteiger partial charge in [-0.05, 0) is 56.0 Å². The van der Waals surface area contributed by atoms with Crippen molar-refractivity contribution in [1.82, 2.24) is 0 Å². The van der Waals surface area contributed by atoms with Gasteiger partial charge in [0.15, 0.2) is 0 Å². The molecule has 0 radical (unpaired) electrons. The number of hydrogen-bond donors (Lipinski definition) is 1. The maximum absolute atomic E-state index is 8.72. The Morgan fingerprint density at radius 2 is 2.19 bits per heavy atom. The van der Waals surface area contributed by atoms with Gasteiger partial charge in [0.1, 0.15) is 0 Å². The van der Waals surface area contributed by atoms with Gasteiger partial charge in [0, 0.05) is 29.3 Å². The summed E-state index contributed by atoms with van der Waals surface area (Å²) >= 11 is 0. The van der Waals surface area contributed by atoms with Crippen LogP contribution >= 0.6 is 0 Å². The van der Waals surface area contributed by atoms with Crippen molar-refractivity contribution in [2.45, 2.75) is 27.2 Å². The monoisotopic (exact) mass is 356 g/mol. The lowest BCUT2D eigenvalue weighted by Crippen LogP contribution is -2.37. The highest BCUT2D eigenvalue weighted by Crippen LogP contribution is 2.45. The molecule has 0 bridgehead atoms. The summed E-state index contributed by atoms with van der Waals surface area (Å²) in [6, 6.07) is 7.69. The molecule has 0 heterocycles. The van der Waals surface area contributed by atoms with Crippen LogP contribution in [0, 0.1) is 29.6 Å². The van der Waals surface area contributed by atoms with Crippen LogP contribution < -0.4 is 0 Å². The molecule has 0 saturated heterocycles. The molecule has 2 atom stereocenters. The third kappa shape index (κ3) is 5.05. The highest BCUT2D eigenvalue weighted by molar-refractivity contribution is 6.02. The average Bonchev–Trinajstić information content (AvgIpc) is 2.69. The largest absolute Gasteiger partial charge is 0.304 e. The normalized spacial score (nSPS) is 20.7. The molecule has 27 heavy (non-hydrogen) atoms. The predicted molar refractivity (Wildman–Crippen MR) is 118 cm³/mol. The van der Waals surface area contributed by atoms with Crippen molar-refractivity contribution in [3.05, 3.63) is 83.0 Å². The zero-order valence-corrected chi connectivity index (χ0v) is 16.5. The van der Waals surface area contributed by atoms with Gasteiger partial charge in [0.25, 0.3) is 0 Å². The molecule has 2 unspecified atom stereocenters. The highest BCUT2D eigenvalue weighted by atomic mass is 14.7. The molecule has 1 N–H and O–H groups in total. The molecule has 138 valence electrons. The van der Waals surface area contributed by atoms with E-state index in [2.05, 4.69) is 23.6 Å². The van der Waals surface area contributed by atoms with Crippen LogP contribution in [0.3, 0.4) is 0 Å². The molecule has 1 saturated carbocycles. The maximum atomic E-state index is 8.72. The van der Waals surface area contributed by atoms with Crippen LogP contribution in [0.25, 0.3) is 0 Å². The topological polar surface area (TPSA) is 36.2 Å². The molecule has 1 aromatic carbocycles. The summed E-state index contributed by atoms with van der Waals surface area (Å²) in [6.45, 7) is 10.9. The van der Waals surface area contributed by atoms with Crippen molar-refractivity contribution in [1.29, 1.82) is 5.41 Å². The molecule has 1 aromatic rings. The number of allylic oxidation sites excluding steroid dienone is 6. The van der Waals surface area contributed by atoms with Gasteiger partial charge in [-0.1, -0.05) is 54.5 Å². The fourth-order valence-corrected chi connectivity index (χ4v) is 3.28. The number of benzene rings is 1. The van der Waals surface area contributed by atoms with Crippen LogP contribution in [0.15, 0.2) is 76.9 Å². The SMILES string of the molecule is C#Cc1cccc(C(=N)C2CC(=C)C2/C(=C\C=C/C)C/N=C\C(C)=C/C)c1. The fraction of sp³-hybridized carbons (Fsp3) is 0.280. The van der Waals surface area contributed by atoms with Crippen LogP contribution in [-0.4, -0.2) is 18.5 Å². The van der Waals surface area contributed by atoms with E-state index >= 15 is 0 Å². The third-order valence-corrected chi connectivity index (χ3v) is 4.96. The first kappa shape index (κ1) is 20.4. The second kappa shape index (κ2) is 9.69. The lowest BCUT2D eigenvalue weighted by Gasteiger charge is -2.41. The second-order valence-corrected chi connectivity index (χ2v) is 6.86. The van der Waals surface area contributed by atoms with Crippen molar-refractivity contribution < 1.29 is 0 Å². The first-order valence-electron chi connectivity index (χ1n) is 9.29. The molecule has 2 heteroatoms. The molecular weight excluding hydrogens is 328 g/mol. The Hall–Kier alpha value is -2.92. The molecule has 2 nitrogen and oxygen atoms in total. The van der Waals surface area contributed by atoms with Gasteiger partial charge in [0.05, 0.1) is 6.54 Å². The molecule has 1 aliphatic rings. The van der Waals surface area contributed by atoms with Crippen molar-refractivity contribution in [2.24, 2.45) is 16.8 Å². The van der Waals surface area contributed by atoms with Crippen LogP contribution in [-0.2, 0) is 0 Å². The van der Waals surface area contributed by atoms with E-state index in [-0.39, 0.29) is 11.8 Å². The Bertz CT molecular complexity index is 872. The van der Waals surface area contributed by atoms with Crippen molar-refractivity contribution in [3.63, 3.8) is 0 Å². The van der Waals surface area contributed by atoms with Crippen LogP contribution in [0.5, 0.6) is 0 Å². The minimum absolute atomic E-state index is 0.125. The average molecular weight is 357 g/mol. The summed E-state index contributed by atoms with van der Waals surface area (Å²) in [6.07, 6.45) is 16.5. The van der Waals surface area contributed by atoms with Gasteiger partial charge < -0.3 is 5.41 Å². The van der Waals surface area contributed by atoms with Gasteiger partial charge in [-0.3, -0.25) is 4.99 Å². The van der Waals surface area contributed by atoms with Crippen molar-refractivity contribution >= 4 is 11.9 Å². The molecular formula is C25H28N2. The smallest absolute Gasteiger partial charge is 0.0608 e. The summed E-state index contributed by atoms with van der Waals surface area (Å²) in [5.74, 6) is 2.94. The zero-order chi connectivity index (χ0) is 19.8. The van der Waals surface area contributed by atoms with Crippen LogP contribution in [0.4, 0.5) is 0 Å². The molecule has 1 fully saturated rings. The fourth-order valence-electron chi connectivity index (χ4n) is 3.28. The maximum Gasteiger partial charge on any atom is 0.0608 e. The van der Waals surface area contributed by atoms with E-state index in [1.807, 2.05) is 69.5 Å². The standard InChI is InChI=1S/C25H28N2/c1-6-9-12-22(17-27-16-18(4)7-2)24-19(5)14-23(24)25(26)21-13-10-11-20(8-3)15-21/h3,6-7,9-13,15-16,23-24,26H,5,14,17H2,1-2,4H3/b9-6-,18-7-,22-12-,26-25?,27-16-. The van der Waals surface area contributed by atoms with Gasteiger partial charge in [-0.25, -0.2) is 0 Å². The van der Waals surface area contributed by atoms with Crippen LogP contribution in [0.2, 0.25) is 0 Å². The van der Waals surface area contributed by atoms with Gasteiger partial charge in [-0.2, -0.15) is 0 Å². The zero-order valence-electron chi connectivity index (χ0n) is 16.5. The minimum atomic E-state index is 0.125. The van der Waals surface area contributed by atoms with Gasteiger partial charge in [0.2, 0.25) is 0 Å². The molecule has 2 rings (SSSR count). The summed E-state index contributed by atoms with van der Waals surface area (Å²) in [5, 5.41) is 8.72. The Balaban J connectivity index is 2.26.